The van der Waals surface area contributed by atoms with Crippen molar-refractivity contribution in [3.05, 3.63) is 52.4 Å². The van der Waals surface area contributed by atoms with E-state index >= 15 is 0 Å². The predicted molar refractivity (Wildman–Crippen MR) is 62.3 cm³/mol. The van der Waals surface area contributed by atoms with Gasteiger partial charge in [0.15, 0.2) is 40.7 Å². The Morgan fingerprint density at radius 1 is 0.480 bits per heavy atom. The molecular formula is C12H2BF9O3. The first-order chi connectivity index (χ1) is 11.5. The van der Waals surface area contributed by atoms with Crippen molar-refractivity contribution in [2.75, 3.05) is 0 Å². The summed E-state index contributed by atoms with van der Waals surface area (Å²) in [6.45, 7) is 0. The molecule has 0 radical (unpaired) electrons. The summed E-state index contributed by atoms with van der Waals surface area (Å²) in [5.41, 5.74) is -4.29. The first-order valence-electron chi connectivity index (χ1n) is 5.91. The lowest BCUT2D eigenvalue weighted by atomic mass is 10.00. The van der Waals surface area contributed by atoms with E-state index in [0.717, 1.165) is 0 Å². The van der Waals surface area contributed by atoms with Crippen LogP contribution in [0.1, 0.15) is 0 Å². The zero-order chi connectivity index (χ0) is 19.2. The van der Waals surface area contributed by atoms with Crippen molar-refractivity contribution in [2.45, 2.75) is 0 Å². The molecule has 2 N–H and O–H groups in total. The van der Waals surface area contributed by atoms with Crippen molar-refractivity contribution >= 4 is 7.32 Å². The number of hydrogen-bond acceptors (Lipinski definition) is 3. The molecule has 0 heterocycles. The molecule has 2 aromatic carbocycles. The summed E-state index contributed by atoms with van der Waals surface area (Å²) in [4.78, 5) is 0. The monoisotopic (exact) mass is 376 g/mol. The van der Waals surface area contributed by atoms with Gasteiger partial charge in [-0.1, -0.05) is 0 Å². The third kappa shape index (κ3) is 2.89. The maximum Gasteiger partial charge on any atom is 0.707 e. The summed E-state index contributed by atoms with van der Waals surface area (Å²) < 4.78 is 125. The molecule has 0 bridgehead atoms. The lowest BCUT2D eigenvalue weighted by Gasteiger charge is -2.16. The normalized spacial score (nSPS) is 11.0. The minimum Gasteiger partial charge on any atom is -0.509 e. The van der Waals surface area contributed by atoms with E-state index in [1.807, 2.05) is 0 Å². The summed E-state index contributed by atoms with van der Waals surface area (Å²) in [5, 5.41) is 17.2. The highest BCUT2D eigenvalue weighted by Crippen LogP contribution is 2.42. The van der Waals surface area contributed by atoms with Crippen molar-refractivity contribution < 1.29 is 54.2 Å². The molecule has 0 spiro atoms. The molecule has 0 atom stereocenters. The van der Waals surface area contributed by atoms with E-state index in [0.29, 0.717) is 0 Å². The van der Waals surface area contributed by atoms with E-state index in [-0.39, 0.29) is 0 Å². The highest BCUT2D eigenvalue weighted by molar-refractivity contribution is 6.34. The molecule has 0 aliphatic carbocycles. The molecular weight excluding hydrogens is 374 g/mol. The second kappa shape index (κ2) is 6.48. The number of benzene rings is 2. The van der Waals surface area contributed by atoms with E-state index in [2.05, 4.69) is 4.65 Å². The molecule has 2 aromatic rings. The molecule has 0 saturated heterocycles. The van der Waals surface area contributed by atoms with Crippen LogP contribution in [0.4, 0.5) is 39.5 Å². The Bertz CT molecular complexity index is 843. The van der Waals surface area contributed by atoms with Gasteiger partial charge in [-0.25, -0.2) is 35.1 Å². The molecule has 0 aliphatic heterocycles. The van der Waals surface area contributed by atoms with Gasteiger partial charge in [0.1, 0.15) is 0 Å². The molecule has 25 heavy (non-hydrogen) atoms. The average Bonchev–Trinajstić information content (AvgIpc) is 2.56. The third-order valence-corrected chi connectivity index (χ3v) is 2.91. The van der Waals surface area contributed by atoms with Crippen LogP contribution in [0.25, 0.3) is 11.1 Å². The van der Waals surface area contributed by atoms with Crippen molar-refractivity contribution in [2.24, 2.45) is 0 Å². The summed E-state index contributed by atoms with van der Waals surface area (Å²) in [6, 6.07) is 0. The Labute approximate surface area is 132 Å². The van der Waals surface area contributed by atoms with Crippen molar-refractivity contribution in [1.29, 1.82) is 0 Å². The van der Waals surface area contributed by atoms with Crippen LogP contribution in [0.2, 0.25) is 0 Å². The maximum atomic E-state index is 13.9. The molecule has 2 rings (SSSR count). The number of halogens is 9. The molecule has 0 saturated carbocycles. The molecule has 13 heteroatoms. The highest BCUT2D eigenvalue weighted by Gasteiger charge is 2.36. The van der Waals surface area contributed by atoms with Crippen LogP contribution < -0.4 is 4.65 Å². The van der Waals surface area contributed by atoms with Gasteiger partial charge in [-0.15, -0.1) is 0 Å². The minimum atomic E-state index is -3.04. The second-order valence-electron chi connectivity index (χ2n) is 4.35. The summed E-state index contributed by atoms with van der Waals surface area (Å²) >= 11 is 0. The fourth-order valence-electron chi connectivity index (χ4n) is 1.88. The third-order valence-electron chi connectivity index (χ3n) is 2.91. The van der Waals surface area contributed by atoms with Gasteiger partial charge in [-0.05, 0) is 0 Å². The smallest absolute Gasteiger partial charge is 0.509 e. The summed E-state index contributed by atoms with van der Waals surface area (Å²) in [6.07, 6.45) is 0. The first-order valence-corrected chi connectivity index (χ1v) is 5.91. The van der Waals surface area contributed by atoms with Crippen molar-refractivity contribution in [3.63, 3.8) is 0 Å². The van der Waals surface area contributed by atoms with Crippen LogP contribution >= 0.6 is 0 Å². The van der Waals surface area contributed by atoms with Crippen LogP contribution in [-0.2, 0) is 0 Å². The number of rotatable bonds is 3. The quantitative estimate of drug-likeness (QED) is 0.375. The van der Waals surface area contributed by atoms with Crippen LogP contribution in [0.3, 0.4) is 0 Å². The standard InChI is InChI=1S/C12H2BF9O3/c14-3-1(4(15)7(18)9(20)6(3)17)2-5(16)8(19)10(21)11(22)12(2)25-13(23)24/h23-24H. The van der Waals surface area contributed by atoms with E-state index < -0.39 is 76.6 Å². The fourth-order valence-corrected chi connectivity index (χ4v) is 1.88. The number of hydrogen-bond donors (Lipinski definition) is 2. The molecule has 0 aromatic heterocycles. The van der Waals surface area contributed by atoms with Gasteiger partial charge in [-0.2, -0.15) is 4.39 Å². The fraction of sp³-hybridized carbons (Fsp3) is 0. The zero-order valence-electron chi connectivity index (χ0n) is 11.3. The van der Waals surface area contributed by atoms with Gasteiger partial charge in [0.25, 0.3) is 0 Å². The highest BCUT2D eigenvalue weighted by atomic mass is 19.2. The lowest BCUT2D eigenvalue weighted by Crippen LogP contribution is -2.23. The molecule has 0 amide bonds. The minimum absolute atomic E-state index is 2.03. The lowest BCUT2D eigenvalue weighted by molar-refractivity contribution is 0.276. The summed E-state index contributed by atoms with van der Waals surface area (Å²) in [5.74, 6) is -25.7. The van der Waals surface area contributed by atoms with Crippen LogP contribution in [0.15, 0.2) is 0 Å². The van der Waals surface area contributed by atoms with Gasteiger partial charge in [0, 0.05) is 0 Å². The topological polar surface area (TPSA) is 49.7 Å². The molecule has 0 aliphatic rings. The largest absolute Gasteiger partial charge is 0.707 e. The average molecular weight is 376 g/mol. The Morgan fingerprint density at radius 3 is 1.20 bits per heavy atom. The van der Waals surface area contributed by atoms with Crippen LogP contribution in [0, 0.1) is 52.4 Å². The van der Waals surface area contributed by atoms with Gasteiger partial charge in [0.05, 0.1) is 11.1 Å². The Kier molecular flexibility index (Phi) is 4.91. The molecule has 134 valence electrons. The first kappa shape index (κ1) is 18.9. The molecule has 0 fully saturated rings. The van der Waals surface area contributed by atoms with Gasteiger partial charge < -0.3 is 14.7 Å². The van der Waals surface area contributed by atoms with E-state index in [1.54, 1.807) is 0 Å². The zero-order valence-corrected chi connectivity index (χ0v) is 11.3. The van der Waals surface area contributed by atoms with E-state index in [9.17, 15) is 39.5 Å². The predicted octanol–water partition coefficient (Wildman–Crippen LogP) is 2.95. The Morgan fingerprint density at radius 2 is 0.800 bits per heavy atom. The maximum absolute atomic E-state index is 13.9. The molecule has 3 nitrogen and oxygen atoms in total. The van der Waals surface area contributed by atoms with Gasteiger partial charge >= 0.3 is 7.32 Å². The Hall–Kier alpha value is -2.41. The van der Waals surface area contributed by atoms with Gasteiger partial charge in [0.2, 0.25) is 17.5 Å². The SMILES string of the molecule is OB(O)Oc1c(F)c(F)c(F)c(F)c1-c1c(F)c(F)c(F)c(F)c1F. The summed E-state index contributed by atoms with van der Waals surface area (Å²) in [7, 11) is -3.04. The van der Waals surface area contributed by atoms with Crippen molar-refractivity contribution in [3.8, 4) is 16.9 Å². The molecule has 0 unspecified atom stereocenters. The second-order valence-corrected chi connectivity index (χ2v) is 4.35. The Balaban J connectivity index is 3.03. The van der Waals surface area contributed by atoms with Crippen LogP contribution in [0.5, 0.6) is 5.75 Å². The van der Waals surface area contributed by atoms with Crippen molar-refractivity contribution in [1.82, 2.24) is 0 Å². The van der Waals surface area contributed by atoms with E-state index in [1.165, 1.54) is 0 Å². The van der Waals surface area contributed by atoms with E-state index in [4.69, 9.17) is 10.0 Å². The van der Waals surface area contributed by atoms with Crippen LogP contribution in [-0.4, -0.2) is 17.4 Å². The van der Waals surface area contributed by atoms with Gasteiger partial charge in [-0.3, -0.25) is 0 Å².